The van der Waals surface area contributed by atoms with Crippen molar-refractivity contribution in [3.8, 4) is 0 Å². The number of amides is 2. The van der Waals surface area contributed by atoms with Gasteiger partial charge >= 0.3 is 0 Å². The van der Waals surface area contributed by atoms with Crippen molar-refractivity contribution in [2.24, 2.45) is 0 Å². The van der Waals surface area contributed by atoms with Crippen LogP contribution in [0.1, 0.15) is 49.3 Å². The first-order valence-electron chi connectivity index (χ1n) is 9.24. The molecule has 0 atom stereocenters. The largest absolute Gasteiger partial charge is 0.325 e. The van der Waals surface area contributed by atoms with Crippen LogP contribution in [-0.2, 0) is 16.0 Å². The third-order valence-corrected chi connectivity index (χ3v) is 4.88. The van der Waals surface area contributed by atoms with E-state index in [4.69, 9.17) is 0 Å². The summed E-state index contributed by atoms with van der Waals surface area (Å²) in [5, 5.41) is 3.08. The summed E-state index contributed by atoms with van der Waals surface area (Å²) in [6, 6.07) is 13.8. The number of carbonyl (C=O) groups is 2. The van der Waals surface area contributed by atoms with Crippen molar-refractivity contribution in [2.45, 2.75) is 46.0 Å². The van der Waals surface area contributed by atoms with E-state index in [-0.39, 0.29) is 11.8 Å². The van der Waals surface area contributed by atoms with Gasteiger partial charge in [0.15, 0.2) is 0 Å². The predicted molar refractivity (Wildman–Crippen MR) is 106 cm³/mol. The standard InChI is InChI=1S/C22H26N2O2/c1-15(2)19-7-4-6-16(3)22(19)23-20(25)14-17-9-11-18(12-10-17)24-13-5-8-21(24)26/h4,6-7,9-12,15H,5,8,13-14H2,1-3H3,(H,23,25). The fourth-order valence-electron chi connectivity index (χ4n) is 3.43. The van der Waals surface area contributed by atoms with Crippen molar-refractivity contribution in [1.82, 2.24) is 0 Å². The van der Waals surface area contributed by atoms with Gasteiger partial charge in [0, 0.05) is 24.3 Å². The molecule has 0 radical (unpaired) electrons. The Bertz CT molecular complexity index is 809. The second-order valence-electron chi connectivity index (χ2n) is 7.23. The number of benzene rings is 2. The van der Waals surface area contributed by atoms with E-state index in [2.05, 4.69) is 25.2 Å². The van der Waals surface area contributed by atoms with Crippen molar-refractivity contribution >= 4 is 23.2 Å². The van der Waals surface area contributed by atoms with Crippen LogP contribution in [0.2, 0.25) is 0 Å². The lowest BCUT2D eigenvalue weighted by molar-refractivity contribution is -0.117. The number of hydrogen-bond acceptors (Lipinski definition) is 2. The molecule has 1 aliphatic heterocycles. The van der Waals surface area contributed by atoms with Crippen LogP contribution >= 0.6 is 0 Å². The molecule has 1 heterocycles. The molecule has 0 aromatic heterocycles. The van der Waals surface area contributed by atoms with Gasteiger partial charge in [-0.2, -0.15) is 0 Å². The molecule has 0 saturated carbocycles. The van der Waals surface area contributed by atoms with E-state index in [1.165, 1.54) is 0 Å². The number of carbonyl (C=O) groups excluding carboxylic acids is 2. The summed E-state index contributed by atoms with van der Waals surface area (Å²) in [6.07, 6.45) is 1.86. The zero-order valence-corrected chi connectivity index (χ0v) is 15.7. The van der Waals surface area contributed by atoms with Crippen LogP contribution in [0.25, 0.3) is 0 Å². The van der Waals surface area contributed by atoms with Crippen molar-refractivity contribution in [1.29, 1.82) is 0 Å². The second-order valence-corrected chi connectivity index (χ2v) is 7.23. The Kier molecular flexibility index (Phi) is 5.40. The Balaban J connectivity index is 1.68. The maximum atomic E-state index is 12.5. The summed E-state index contributed by atoms with van der Waals surface area (Å²) < 4.78 is 0. The van der Waals surface area contributed by atoms with Crippen molar-refractivity contribution < 1.29 is 9.59 Å². The Morgan fingerprint density at radius 1 is 1.15 bits per heavy atom. The number of anilines is 2. The van der Waals surface area contributed by atoms with Gasteiger partial charge in [-0.15, -0.1) is 0 Å². The maximum absolute atomic E-state index is 12.5. The van der Waals surface area contributed by atoms with E-state index in [1.54, 1.807) is 0 Å². The van der Waals surface area contributed by atoms with Crippen LogP contribution in [0.15, 0.2) is 42.5 Å². The third kappa shape index (κ3) is 3.96. The Hall–Kier alpha value is -2.62. The van der Waals surface area contributed by atoms with Crippen molar-refractivity contribution in [3.05, 3.63) is 59.2 Å². The number of nitrogens with one attached hydrogen (secondary N) is 1. The Labute approximate surface area is 155 Å². The molecule has 26 heavy (non-hydrogen) atoms. The van der Waals surface area contributed by atoms with Crippen LogP contribution in [-0.4, -0.2) is 18.4 Å². The van der Waals surface area contributed by atoms with E-state index in [9.17, 15) is 9.59 Å². The third-order valence-electron chi connectivity index (χ3n) is 4.88. The molecule has 0 aliphatic carbocycles. The van der Waals surface area contributed by atoms with Gasteiger partial charge in [0.2, 0.25) is 11.8 Å². The first-order chi connectivity index (χ1) is 12.5. The first-order valence-corrected chi connectivity index (χ1v) is 9.24. The summed E-state index contributed by atoms with van der Waals surface area (Å²) in [5.41, 5.74) is 5.01. The number of nitrogens with zero attached hydrogens (tertiary/aromatic N) is 1. The van der Waals surface area contributed by atoms with Gasteiger partial charge in [-0.1, -0.05) is 44.2 Å². The molecular formula is C22H26N2O2. The molecule has 2 aromatic carbocycles. The molecular weight excluding hydrogens is 324 g/mol. The van der Waals surface area contributed by atoms with Crippen LogP contribution in [0, 0.1) is 6.92 Å². The van der Waals surface area contributed by atoms with Gasteiger partial charge in [0.1, 0.15) is 0 Å². The van der Waals surface area contributed by atoms with Crippen LogP contribution in [0.3, 0.4) is 0 Å². The molecule has 1 fully saturated rings. The lowest BCUT2D eigenvalue weighted by atomic mass is 9.98. The summed E-state index contributed by atoms with van der Waals surface area (Å²) >= 11 is 0. The van der Waals surface area contributed by atoms with E-state index in [1.807, 2.05) is 48.2 Å². The minimum absolute atomic E-state index is 0.0220. The monoisotopic (exact) mass is 350 g/mol. The van der Waals surface area contributed by atoms with Crippen molar-refractivity contribution in [3.63, 3.8) is 0 Å². The molecule has 0 unspecified atom stereocenters. The Morgan fingerprint density at radius 3 is 2.50 bits per heavy atom. The fourth-order valence-corrected chi connectivity index (χ4v) is 3.43. The highest BCUT2D eigenvalue weighted by atomic mass is 16.2. The van der Waals surface area contributed by atoms with Gasteiger partial charge in [-0.3, -0.25) is 9.59 Å². The predicted octanol–water partition coefficient (Wildman–Crippen LogP) is 4.43. The molecule has 0 spiro atoms. The summed E-state index contributed by atoms with van der Waals surface area (Å²) in [6.45, 7) is 7.05. The SMILES string of the molecule is Cc1cccc(C(C)C)c1NC(=O)Cc1ccc(N2CCCC2=O)cc1. The molecule has 1 saturated heterocycles. The lowest BCUT2D eigenvalue weighted by Crippen LogP contribution is -2.23. The van der Waals surface area contributed by atoms with Gasteiger partial charge in [-0.25, -0.2) is 0 Å². The minimum atomic E-state index is -0.0220. The fraction of sp³-hybridized carbons (Fsp3) is 0.364. The number of hydrogen-bond donors (Lipinski definition) is 1. The second kappa shape index (κ2) is 7.73. The highest BCUT2D eigenvalue weighted by molar-refractivity contribution is 5.96. The molecule has 4 heteroatoms. The smallest absolute Gasteiger partial charge is 0.228 e. The van der Waals surface area contributed by atoms with Gasteiger partial charge in [-0.05, 0) is 48.1 Å². The highest BCUT2D eigenvalue weighted by Crippen LogP contribution is 2.27. The molecule has 2 amide bonds. The molecule has 0 bridgehead atoms. The summed E-state index contributed by atoms with van der Waals surface area (Å²) in [5.74, 6) is 0.505. The molecule has 4 nitrogen and oxygen atoms in total. The molecule has 136 valence electrons. The topological polar surface area (TPSA) is 49.4 Å². The van der Waals surface area contributed by atoms with Gasteiger partial charge in [0.25, 0.3) is 0 Å². The lowest BCUT2D eigenvalue weighted by Gasteiger charge is -2.17. The first kappa shape index (κ1) is 18.2. The number of rotatable bonds is 5. The van der Waals surface area contributed by atoms with Gasteiger partial charge < -0.3 is 10.2 Å². The zero-order chi connectivity index (χ0) is 18.7. The number of para-hydroxylation sites is 1. The van der Waals surface area contributed by atoms with Crippen LogP contribution in [0.5, 0.6) is 0 Å². The molecule has 3 rings (SSSR count). The maximum Gasteiger partial charge on any atom is 0.228 e. The zero-order valence-electron chi connectivity index (χ0n) is 15.7. The highest BCUT2D eigenvalue weighted by Gasteiger charge is 2.21. The quantitative estimate of drug-likeness (QED) is 0.867. The van der Waals surface area contributed by atoms with E-state index in [0.717, 1.165) is 41.0 Å². The Morgan fingerprint density at radius 2 is 1.88 bits per heavy atom. The molecule has 1 N–H and O–H groups in total. The average molecular weight is 350 g/mol. The van der Waals surface area contributed by atoms with Gasteiger partial charge in [0.05, 0.1) is 6.42 Å². The summed E-state index contributed by atoms with van der Waals surface area (Å²) in [7, 11) is 0. The van der Waals surface area contributed by atoms with E-state index in [0.29, 0.717) is 18.8 Å². The van der Waals surface area contributed by atoms with E-state index >= 15 is 0 Å². The van der Waals surface area contributed by atoms with Crippen molar-refractivity contribution in [2.75, 3.05) is 16.8 Å². The number of aryl methyl sites for hydroxylation is 1. The summed E-state index contributed by atoms with van der Waals surface area (Å²) in [4.78, 5) is 26.2. The molecule has 1 aliphatic rings. The average Bonchev–Trinajstić information content (AvgIpc) is 3.03. The van der Waals surface area contributed by atoms with E-state index < -0.39 is 0 Å². The molecule has 2 aromatic rings. The van der Waals surface area contributed by atoms with Crippen LogP contribution < -0.4 is 10.2 Å². The minimum Gasteiger partial charge on any atom is -0.325 e. The normalized spacial score (nSPS) is 14.2. The van der Waals surface area contributed by atoms with Crippen LogP contribution in [0.4, 0.5) is 11.4 Å².